The van der Waals surface area contributed by atoms with Crippen molar-refractivity contribution in [1.29, 1.82) is 0 Å². The fourth-order valence-corrected chi connectivity index (χ4v) is 2.13. The molecular weight excluding hydrogens is 306 g/mol. The second-order valence-corrected chi connectivity index (χ2v) is 6.67. The van der Waals surface area contributed by atoms with Crippen molar-refractivity contribution in [3.63, 3.8) is 0 Å². The van der Waals surface area contributed by atoms with Gasteiger partial charge in [0.1, 0.15) is 12.4 Å². The molecule has 2 rings (SSSR count). The van der Waals surface area contributed by atoms with Crippen molar-refractivity contribution in [2.24, 2.45) is 5.41 Å². The van der Waals surface area contributed by atoms with Crippen LogP contribution in [0.5, 0.6) is 5.75 Å². The van der Waals surface area contributed by atoms with Crippen LogP contribution in [-0.2, 0) is 11.2 Å². The van der Waals surface area contributed by atoms with E-state index in [4.69, 9.17) is 4.74 Å². The Morgan fingerprint density at radius 3 is 2.38 bits per heavy atom. The number of nitrogens with zero attached hydrogens (tertiary/aromatic N) is 1. The lowest BCUT2D eigenvalue weighted by atomic mass is 9.91. The van der Waals surface area contributed by atoms with E-state index >= 15 is 0 Å². The van der Waals surface area contributed by atoms with Gasteiger partial charge in [0.15, 0.2) is 5.78 Å². The number of rotatable bonds is 6. The Kier molecular flexibility index (Phi) is 5.34. The predicted octanol–water partition coefficient (Wildman–Crippen LogP) is 4.18. The second-order valence-electron chi connectivity index (χ2n) is 6.67. The Morgan fingerprint density at radius 1 is 1.12 bits per heavy atom. The van der Waals surface area contributed by atoms with E-state index in [0.29, 0.717) is 17.7 Å². The Morgan fingerprint density at radius 2 is 1.79 bits per heavy atom. The first-order valence-corrected chi connectivity index (χ1v) is 7.75. The molecule has 24 heavy (non-hydrogen) atoms. The summed E-state index contributed by atoms with van der Waals surface area (Å²) in [6.45, 7) is 5.45. The maximum absolute atomic E-state index is 12.0. The first-order chi connectivity index (χ1) is 11.3. The molecule has 0 unspecified atom stereocenters. The number of non-ortho nitro benzene ring substituents is 1. The van der Waals surface area contributed by atoms with Crippen LogP contribution in [0.15, 0.2) is 48.5 Å². The van der Waals surface area contributed by atoms with E-state index in [0.717, 1.165) is 5.56 Å². The van der Waals surface area contributed by atoms with Crippen molar-refractivity contribution in [2.45, 2.75) is 27.2 Å². The molecule has 0 saturated heterocycles. The molecule has 5 nitrogen and oxygen atoms in total. The molecule has 0 fully saturated rings. The third-order valence-electron chi connectivity index (χ3n) is 3.69. The van der Waals surface area contributed by atoms with Gasteiger partial charge in [-0.05, 0) is 11.6 Å². The van der Waals surface area contributed by atoms with E-state index in [1.165, 1.54) is 12.1 Å². The largest absolute Gasteiger partial charge is 0.486 e. The number of nitro groups is 1. The highest BCUT2D eigenvalue weighted by atomic mass is 16.6. The van der Waals surface area contributed by atoms with Gasteiger partial charge in [0.2, 0.25) is 0 Å². The summed E-state index contributed by atoms with van der Waals surface area (Å²) < 4.78 is 5.66. The predicted molar refractivity (Wildman–Crippen MR) is 92.3 cm³/mol. The van der Waals surface area contributed by atoms with Gasteiger partial charge in [-0.25, -0.2) is 0 Å². The SMILES string of the molecule is CC(C)(C)C(=O)COc1ccc([N+](=O)[O-])cc1Cc1ccccc1. The van der Waals surface area contributed by atoms with Crippen LogP contribution in [-0.4, -0.2) is 17.3 Å². The quantitative estimate of drug-likeness (QED) is 0.589. The Labute approximate surface area is 141 Å². The summed E-state index contributed by atoms with van der Waals surface area (Å²) in [5.74, 6) is 0.480. The molecule has 2 aromatic carbocycles. The zero-order chi connectivity index (χ0) is 17.7. The van der Waals surface area contributed by atoms with Crippen molar-refractivity contribution >= 4 is 11.5 Å². The highest BCUT2D eigenvalue weighted by Crippen LogP contribution is 2.27. The smallest absolute Gasteiger partial charge is 0.269 e. The molecule has 2 aromatic rings. The minimum atomic E-state index is -0.486. The number of hydrogen-bond donors (Lipinski definition) is 0. The molecule has 0 amide bonds. The molecule has 0 aliphatic heterocycles. The van der Waals surface area contributed by atoms with Gasteiger partial charge in [0, 0.05) is 29.5 Å². The van der Waals surface area contributed by atoms with Crippen LogP contribution in [0.1, 0.15) is 31.9 Å². The van der Waals surface area contributed by atoms with E-state index < -0.39 is 10.3 Å². The van der Waals surface area contributed by atoms with E-state index in [1.54, 1.807) is 6.07 Å². The van der Waals surface area contributed by atoms with E-state index in [1.807, 2.05) is 51.1 Å². The molecule has 126 valence electrons. The minimum Gasteiger partial charge on any atom is -0.486 e. The third-order valence-corrected chi connectivity index (χ3v) is 3.69. The molecule has 5 heteroatoms. The number of ether oxygens (including phenoxy) is 1. The number of benzene rings is 2. The van der Waals surface area contributed by atoms with Crippen molar-refractivity contribution in [3.05, 3.63) is 69.8 Å². The average molecular weight is 327 g/mol. The zero-order valence-corrected chi connectivity index (χ0v) is 14.1. The molecule has 0 aliphatic rings. The molecular formula is C19H21NO4. The maximum Gasteiger partial charge on any atom is 0.269 e. The fraction of sp³-hybridized carbons (Fsp3) is 0.316. The van der Waals surface area contributed by atoms with Crippen LogP contribution in [0.4, 0.5) is 5.69 Å². The van der Waals surface area contributed by atoms with Crippen LogP contribution in [0, 0.1) is 15.5 Å². The van der Waals surface area contributed by atoms with Crippen LogP contribution >= 0.6 is 0 Å². The average Bonchev–Trinajstić information content (AvgIpc) is 2.53. The molecule has 0 aliphatic carbocycles. The van der Waals surface area contributed by atoms with E-state index in [-0.39, 0.29) is 18.1 Å². The summed E-state index contributed by atoms with van der Waals surface area (Å²) in [5.41, 5.74) is 1.23. The van der Waals surface area contributed by atoms with Crippen LogP contribution < -0.4 is 4.74 Å². The standard InChI is InChI=1S/C19H21NO4/c1-19(2,3)18(21)13-24-17-10-9-16(20(22)23)12-15(17)11-14-7-5-4-6-8-14/h4-10,12H,11,13H2,1-3H3. The molecule has 0 N–H and O–H groups in total. The van der Waals surface area contributed by atoms with Crippen LogP contribution in [0.25, 0.3) is 0 Å². The zero-order valence-electron chi connectivity index (χ0n) is 14.1. The van der Waals surface area contributed by atoms with Gasteiger partial charge in [-0.3, -0.25) is 14.9 Å². The molecule has 0 aromatic heterocycles. The number of Topliss-reactive ketones (excluding diaryl/α,β-unsaturated/α-hetero) is 1. The van der Waals surface area contributed by atoms with Gasteiger partial charge >= 0.3 is 0 Å². The van der Waals surface area contributed by atoms with Crippen molar-refractivity contribution in [1.82, 2.24) is 0 Å². The second kappa shape index (κ2) is 7.25. The Bertz CT molecular complexity index is 733. The lowest BCUT2D eigenvalue weighted by Gasteiger charge is -2.18. The summed E-state index contributed by atoms with van der Waals surface area (Å²) in [7, 11) is 0. The highest BCUT2D eigenvalue weighted by Gasteiger charge is 2.22. The monoisotopic (exact) mass is 327 g/mol. The third kappa shape index (κ3) is 4.65. The van der Waals surface area contributed by atoms with Gasteiger partial charge in [-0.15, -0.1) is 0 Å². The number of ketones is 1. The van der Waals surface area contributed by atoms with Gasteiger partial charge in [-0.1, -0.05) is 51.1 Å². The molecule has 0 spiro atoms. The molecule has 0 saturated carbocycles. The van der Waals surface area contributed by atoms with Gasteiger partial charge in [-0.2, -0.15) is 0 Å². The molecule has 0 bridgehead atoms. The number of hydrogen-bond acceptors (Lipinski definition) is 4. The summed E-state index contributed by atoms with van der Waals surface area (Å²) in [6.07, 6.45) is 0.502. The lowest BCUT2D eigenvalue weighted by Crippen LogP contribution is -2.26. The fourth-order valence-electron chi connectivity index (χ4n) is 2.13. The molecule has 0 radical (unpaired) electrons. The molecule has 0 heterocycles. The first kappa shape index (κ1) is 17.7. The minimum absolute atomic E-state index is 0.00966. The first-order valence-electron chi connectivity index (χ1n) is 7.75. The van der Waals surface area contributed by atoms with Crippen molar-refractivity contribution < 1.29 is 14.5 Å². The van der Waals surface area contributed by atoms with Crippen LogP contribution in [0.2, 0.25) is 0 Å². The Balaban J connectivity index is 2.26. The van der Waals surface area contributed by atoms with Crippen molar-refractivity contribution in [2.75, 3.05) is 6.61 Å². The van der Waals surface area contributed by atoms with E-state index in [2.05, 4.69) is 0 Å². The topological polar surface area (TPSA) is 69.4 Å². The highest BCUT2D eigenvalue weighted by molar-refractivity contribution is 5.85. The summed E-state index contributed by atoms with van der Waals surface area (Å²) in [6, 6.07) is 14.1. The number of carbonyl (C=O) groups is 1. The van der Waals surface area contributed by atoms with E-state index in [9.17, 15) is 14.9 Å². The molecule has 0 atom stereocenters. The summed E-state index contributed by atoms with van der Waals surface area (Å²) >= 11 is 0. The Hall–Kier alpha value is -2.69. The van der Waals surface area contributed by atoms with Gasteiger partial charge < -0.3 is 4.74 Å². The number of carbonyl (C=O) groups excluding carboxylic acids is 1. The maximum atomic E-state index is 12.0. The van der Waals surface area contributed by atoms with Crippen molar-refractivity contribution in [3.8, 4) is 5.75 Å². The summed E-state index contributed by atoms with van der Waals surface area (Å²) in [5, 5.41) is 11.0. The van der Waals surface area contributed by atoms with Crippen LogP contribution in [0.3, 0.4) is 0 Å². The summed E-state index contributed by atoms with van der Waals surface area (Å²) in [4.78, 5) is 22.6. The van der Waals surface area contributed by atoms with Gasteiger partial charge in [0.25, 0.3) is 5.69 Å². The lowest BCUT2D eigenvalue weighted by molar-refractivity contribution is -0.384. The van der Waals surface area contributed by atoms with Gasteiger partial charge in [0.05, 0.1) is 4.92 Å². The normalized spacial score (nSPS) is 11.1. The number of nitro benzene ring substituents is 1.